The third-order valence-corrected chi connectivity index (χ3v) is 4.61. The summed E-state index contributed by atoms with van der Waals surface area (Å²) < 4.78 is 5.42. The van der Waals surface area contributed by atoms with Crippen LogP contribution in [0.5, 0.6) is 5.75 Å². The van der Waals surface area contributed by atoms with Crippen molar-refractivity contribution in [2.24, 2.45) is 0 Å². The summed E-state index contributed by atoms with van der Waals surface area (Å²) in [6.07, 6.45) is 0. The van der Waals surface area contributed by atoms with Gasteiger partial charge in [0.25, 0.3) is 0 Å². The second-order valence-electron chi connectivity index (χ2n) is 4.88. The predicted octanol–water partition coefficient (Wildman–Crippen LogP) is 3.41. The summed E-state index contributed by atoms with van der Waals surface area (Å²) in [6.45, 7) is 6.41. The van der Waals surface area contributed by atoms with Gasteiger partial charge >= 0.3 is 0 Å². The van der Waals surface area contributed by atoms with Crippen LogP contribution in [0, 0.1) is 0 Å². The zero-order chi connectivity index (χ0) is 12.6. The Morgan fingerprint density at radius 3 is 2.65 bits per heavy atom. The van der Waals surface area contributed by atoms with E-state index >= 15 is 0 Å². The summed E-state index contributed by atoms with van der Waals surface area (Å²) in [5, 5.41) is 9.45. The maximum Gasteiger partial charge on any atom is 0.144 e. The van der Waals surface area contributed by atoms with E-state index < -0.39 is 0 Å². The number of rotatable bonds is 2. The number of hydrogen-bond donors (Lipinski definition) is 0. The standard InChI is InChI=1S/C12H16N2OS2/c1-12(2,3)14-10-8(15-4)6-5-7-9(10)16-11(14)17-13/h5-7,11H,1-4H3. The Morgan fingerprint density at radius 1 is 1.41 bits per heavy atom. The van der Waals surface area contributed by atoms with Crippen molar-refractivity contribution in [3.8, 4) is 5.75 Å². The third kappa shape index (κ3) is 2.23. The molecule has 0 bridgehead atoms. The van der Waals surface area contributed by atoms with Crippen LogP contribution in [0.25, 0.3) is 0 Å². The van der Waals surface area contributed by atoms with E-state index in [1.54, 1.807) is 18.9 Å². The van der Waals surface area contributed by atoms with E-state index in [9.17, 15) is 5.14 Å². The normalized spacial score (nSPS) is 19.4. The molecule has 1 unspecified atom stereocenters. The predicted molar refractivity (Wildman–Crippen MR) is 74.6 cm³/mol. The van der Waals surface area contributed by atoms with Gasteiger partial charge in [0.05, 0.1) is 12.8 Å². The highest BCUT2D eigenvalue weighted by molar-refractivity contribution is 8.16. The lowest BCUT2D eigenvalue weighted by Crippen LogP contribution is -2.43. The smallest absolute Gasteiger partial charge is 0.144 e. The van der Waals surface area contributed by atoms with E-state index in [0.717, 1.165) is 28.3 Å². The van der Waals surface area contributed by atoms with Crippen LogP contribution in [-0.2, 0) is 0 Å². The van der Waals surface area contributed by atoms with E-state index in [1.165, 1.54) is 0 Å². The second-order valence-corrected chi connectivity index (χ2v) is 6.96. The SMILES string of the molecule is COc1cccc2c1N(C(C)(C)C)C(S[N])S2. The van der Waals surface area contributed by atoms with Gasteiger partial charge in [0.1, 0.15) is 10.5 Å². The molecule has 0 N–H and O–H groups in total. The minimum absolute atomic E-state index is 0.0127. The molecule has 0 aromatic heterocycles. The molecular weight excluding hydrogens is 252 g/mol. The summed E-state index contributed by atoms with van der Waals surface area (Å²) in [4.78, 5) is 3.36. The third-order valence-electron chi connectivity index (χ3n) is 2.67. The highest BCUT2D eigenvalue weighted by atomic mass is 32.2. The molecule has 3 nitrogen and oxygen atoms in total. The van der Waals surface area contributed by atoms with Gasteiger partial charge in [0.15, 0.2) is 0 Å². The zero-order valence-electron chi connectivity index (χ0n) is 10.4. The monoisotopic (exact) mass is 268 g/mol. The maximum absolute atomic E-state index is 9.45. The molecule has 1 aromatic rings. The fourth-order valence-electron chi connectivity index (χ4n) is 1.99. The van der Waals surface area contributed by atoms with Crippen molar-refractivity contribution in [2.45, 2.75) is 35.9 Å². The molecule has 0 amide bonds. The van der Waals surface area contributed by atoms with Crippen molar-refractivity contribution in [3.05, 3.63) is 18.2 Å². The Morgan fingerprint density at radius 2 is 2.12 bits per heavy atom. The lowest BCUT2D eigenvalue weighted by atomic mass is 10.1. The van der Waals surface area contributed by atoms with Crippen LogP contribution in [0.3, 0.4) is 0 Å². The summed E-state index contributed by atoms with van der Waals surface area (Å²) >= 11 is 2.54. The lowest BCUT2D eigenvalue weighted by molar-refractivity contribution is 0.408. The first kappa shape index (κ1) is 12.9. The van der Waals surface area contributed by atoms with Crippen molar-refractivity contribution in [3.63, 3.8) is 0 Å². The molecular formula is C12H16N2OS2. The fourth-order valence-corrected chi connectivity index (χ4v) is 4.20. The van der Waals surface area contributed by atoms with Gasteiger partial charge < -0.3 is 9.64 Å². The number of ether oxygens (including phenoxy) is 1. The van der Waals surface area contributed by atoms with Crippen molar-refractivity contribution in [1.29, 1.82) is 0 Å². The number of fused-ring (bicyclic) bond motifs is 1. The van der Waals surface area contributed by atoms with Crippen molar-refractivity contribution in [2.75, 3.05) is 12.0 Å². The molecule has 0 saturated carbocycles. The Hall–Kier alpha value is -0.520. The molecule has 1 aromatic carbocycles. The summed E-state index contributed by atoms with van der Waals surface area (Å²) in [5.41, 5.74) is 1.02. The van der Waals surface area contributed by atoms with Crippen LogP contribution in [-0.4, -0.2) is 17.4 Å². The molecule has 17 heavy (non-hydrogen) atoms. The maximum atomic E-state index is 9.45. The van der Waals surface area contributed by atoms with Crippen LogP contribution in [0.1, 0.15) is 20.8 Å². The molecule has 0 aliphatic carbocycles. The highest BCUT2D eigenvalue weighted by Gasteiger charge is 2.39. The fraction of sp³-hybridized carbons (Fsp3) is 0.500. The molecule has 5 heteroatoms. The number of hydrogen-bond acceptors (Lipinski definition) is 4. The van der Waals surface area contributed by atoms with Gasteiger partial charge in [-0.15, -0.1) is 0 Å². The van der Waals surface area contributed by atoms with Crippen LogP contribution in [0.4, 0.5) is 5.69 Å². The van der Waals surface area contributed by atoms with Gasteiger partial charge in [-0.05, 0) is 44.9 Å². The number of methoxy groups -OCH3 is 1. The van der Waals surface area contributed by atoms with E-state index in [-0.39, 0.29) is 10.2 Å². The molecule has 0 fully saturated rings. The van der Waals surface area contributed by atoms with Crippen molar-refractivity contribution < 1.29 is 4.74 Å². The Bertz CT molecular complexity index is 417. The highest BCUT2D eigenvalue weighted by Crippen LogP contribution is 2.53. The molecule has 1 aliphatic rings. The summed E-state index contributed by atoms with van der Waals surface area (Å²) in [7, 11) is 1.68. The summed E-state index contributed by atoms with van der Waals surface area (Å²) in [6, 6.07) is 6.01. The van der Waals surface area contributed by atoms with Gasteiger partial charge in [-0.25, -0.2) is 0 Å². The molecule has 2 radical (unpaired) electrons. The first-order valence-corrected chi connectivity index (χ1v) is 7.14. The van der Waals surface area contributed by atoms with Gasteiger partial charge in [0.2, 0.25) is 0 Å². The van der Waals surface area contributed by atoms with Gasteiger partial charge in [-0.1, -0.05) is 23.0 Å². The lowest BCUT2D eigenvalue weighted by Gasteiger charge is -2.37. The van der Waals surface area contributed by atoms with E-state index in [4.69, 9.17) is 4.74 Å². The molecule has 1 atom stereocenters. The van der Waals surface area contributed by atoms with E-state index in [2.05, 4.69) is 31.7 Å². The average Bonchev–Trinajstić information content (AvgIpc) is 2.66. The first-order valence-electron chi connectivity index (χ1n) is 5.42. The van der Waals surface area contributed by atoms with E-state index in [1.807, 2.05) is 12.1 Å². The van der Waals surface area contributed by atoms with Crippen molar-refractivity contribution in [1.82, 2.24) is 5.14 Å². The van der Waals surface area contributed by atoms with Crippen LogP contribution in [0.2, 0.25) is 0 Å². The van der Waals surface area contributed by atoms with Crippen LogP contribution < -0.4 is 14.8 Å². The second kappa shape index (κ2) is 4.63. The van der Waals surface area contributed by atoms with Gasteiger partial charge in [-0.2, -0.15) is 0 Å². The van der Waals surface area contributed by atoms with Crippen LogP contribution >= 0.6 is 23.7 Å². The van der Waals surface area contributed by atoms with Gasteiger partial charge in [-0.3, -0.25) is 0 Å². The minimum Gasteiger partial charge on any atom is -0.495 e. The Labute approximate surface area is 111 Å². The zero-order valence-corrected chi connectivity index (χ0v) is 12.1. The molecule has 0 saturated heterocycles. The molecule has 1 aliphatic heterocycles. The number of anilines is 1. The number of nitrogens with zero attached hydrogens (tertiary/aromatic N) is 2. The molecule has 92 valence electrons. The Kier molecular flexibility index (Phi) is 3.52. The molecule has 2 rings (SSSR count). The largest absolute Gasteiger partial charge is 0.495 e. The number of thioether (sulfide) groups is 1. The van der Waals surface area contributed by atoms with Gasteiger partial charge in [0, 0.05) is 10.4 Å². The molecule has 1 heterocycles. The van der Waals surface area contributed by atoms with Crippen molar-refractivity contribution >= 4 is 29.4 Å². The number of benzene rings is 1. The number of para-hydroxylation sites is 1. The molecule has 0 spiro atoms. The average molecular weight is 268 g/mol. The topological polar surface area (TPSA) is 34.8 Å². The first-order chi connectivity index (χ1) is 7.99. The summed E-state index contributed by atoms with van der Waals surface area (Å²) in [5.74, 6) is 0.862. The van der Waals surface area contributed by atoms with E-state index in [0.29, 0.717) is 0 Å². The quantitative estimate of drug-likeness (QED) is 0.770. The Balaban J connectivity index is 2.53. The van der Waals surface area contributed by atoms with Crippen LogP contribution in [0.15, 0.2) is 23.1 Å². The minimum atomic E-state index is -0.0622.